The summed E-state index contributed by atoms with van der Waals surface area (Å²) in [5.74, 6) is 0.00419. The van der Waals surface area contributed by atoms with Gasteiger partial charge in [0.25, 0.3) is 0 Å². The third-order valence-corrected chi connectivity index (χ3v) is 3.71. The lowest BCUT2D eigenvalue weighted by molar-refractivity contribution is -0.116. The maximum absolute atomic E-state index is 11.9. The second-order valence-electron chi connectivity index (χ2n) is 5.55. The molecule has 110 valence electrons. The summed E-state index contributed by atoms with van der Waals surface area (Å²) in [6.45, 7) is 4.30. The average Bonchev–Trinajstić information content (AvgIpc) is 2.92. The van der Waals surface area contributed by atoms with Crippen molar-refractivity contribution in [3.8, 4) is 0 Å². The summed E-state index contributed by atoms with van der Waals surface area (Å²) in [5, 5.41) is 2.95. The SMILES string of the molecule is CCCC(N)CC(=O)Nc1cccc(N2CCCC2)c1. The zero-order valence-electron chi connectivity index (χ0n) is 12.3. The van der Waals surface area contributed by atoms with Crippen LogP contribution in [0.4, 0.5) is 11.4 Å². The number of nitrogens with one attached hydrogen (secondary N) is 1. The lowest BCUT2D eigenvalue weighted by Gasteiger charge is -2.18. The Bertz CT molecular complexity index is 441. The van der Waals surface area contributed by atoms with Crippen molar-refractivity contribution in [2.24, 2.45) is 5.73 Å². The van der Waals surface area contributed by atoms with Crippen LogP contribution in [0.3, 0.4) is 0 Å². The molecule has 0 aliphatic carbocycles. The van der Waals surface area contributed by atoms with E-state index >= 15 is 0 Å². The number of benzene rings is 1. The van der Waals surface area contributed by atoms with E-state index in [4.69, 9.17) is 5.73 Å². The fourth-order valence-corrected chi connectivity index (χ4v) is 2.68. The molecule has 0 saturated carbocycles. The summed E-state index contributed by atoms with van der Waals surface area (Å²) in [5.41, 5.74) is 7.96. The van der Waals surface area contributed by atoms with Gasteiger partial charge in [-0.05, 0) is 37.5 Å². The Hall–Kier alpha value is -1.55. The van der Waals surface area contributed by atoms with Gasteiger partial charge in [0.1, 0.15) is 0 Å². The van der Waals surface area contributed by atoms with Gasteiger partial charge in [-0.1, -0.05) is 19.4 Å². The molecule has 20 heavy (non-hydrogen) atoms. The van der Waals surface area contributed by atoms with E-state index < -0.39 is 0 Å². The van der Waals surface area contributed by atoms with Crippen LogP contribution in [0.2, 0.25) is 0 Å². The first-order valence-electron chi connectivity index (χ1n) is 7.59. The van der Waals surface area contributed by atoms with Crippen LogP contribution in [0, 0.1) is 0 Å². The summed E-state index contributed by atoms with van der Waals surface area (Å²) >= 11 is 0. The number of nitrogens with zero attached hydrogens (tertiary/aromatic N) is 1. The molecule has 4 heteroatoms. The molecule has 1 fully saturated rings. The quantitative estimate of drug-likeness (QED) is 0.839. The Morgan fingerprint density at radius 3 is 2.85 bits per heavy atom. The molecular formula is C16H25N3O. The van der Waals surface area contributed by atoms with Gasteiger partial charge in [-0.25, -0.2) is 0 Å². The lowest BCUT2D eigenvalue weighted by Crippen LogP contribution is -2.27. The Morgan fingerprint density at radius 2 is 2.15 bits per heavy atom. The molecule has 1 aliphatic heterocycles. The van der Waals surface area contributed by atoms with Crippen molar-refractivity contribution in [3.63, 3.8) is 0 Å². The van der Waals surface area contributed by atoms with Crippen LogP contribution in [0.1, 0.15) is 39.0 Å². The molecular weight excluding hydrogens is 250 g/mol. The van der Waals surface area contributed by atoms with Gasteiger partial charge in [-0.2, -0.15) is 0 Å². The molecule has 2 rings (SSSR count). The third-order valence-electron chi connectivity index (χ3n) is 3.71. The van der Waals surface area contributed by atoms with E-state index in [0.717, 1.165) is 31.6 Å². The topological polar surface area (TPSA) is 58.4 Å². The third kappa shape index (κ3) is 4.23. The normalized spacial score (nSPS) is 16.2. The standard InChI is InChI=1S/C16H25N3O/c1-2-6-13(17)11-16(20)18-14-7-5-8-15(12-14)19-9-3-4-10-19/h5,7-8,12-13H,2-4,6,9-11,17H2,1H3,(H,18,20). The van der Waals surface area contributed by atoms with Crippen LogP contribution >= 0.6 is 0 Å². The minimum atomic E-state index is -0.0400. The molecule has 1 aromatic rings. The van der Waals surface area contributed by atoms with E-state index in [1.807, 2.05) is 12.1 Å². The van der Waals surface area contributed by atoms with Gasteiger partial charge in [0.15, 0.2) is 0 Å². The first-order valence-corrected chi connectivity index (χ1v) is 7.59. The van der Waals surface area contributed by atoms with Crippen LogP contribution in [-0.2, 0) is 4.79 Å². The van der Waals surface area contributed by atoms with E-state index in [1.54, 1.807) is 0 Å². The fraction of sp³-hybridized carbons (Fsp3) is 0.562. The Labute approximate surface area is 121 Å². The van der Waals surface area contributed by atoms with Crippen LogP contribution in [0.25, 0.3) is 0 Å². The van der Waals surface area contributed by atoms with Crippen molar-refractivity contribution < 1.29 is 4.79 Å². The zero-order valence-corrected chi connectivity index (χ0v) is 12.3. The van der Waals surface area contributed by atoms with Crippen LogP contribution < -0.4 is 16.0 Å². The van der Waals surface area contributed by atoms with E-state index in [1.165, 1.54) is 18.5 Å². The molecule has 0 aromatic heterocycles. The second-order valence-corrected chi connectivity index (χ2v) is 5.55. The second kappa shape index (κ2) is 7.29. The van der Waals surface area contributed by atoms with Crippen molar-refractivity contribution in [3.05, 3.63) is 24.3 Å². The minimum absolute atomic E-state index is 0.00419. The van der Waals surface area contributed by atoms with E-state index in [9.17, 15) is 4.79 Å². The molecule has 0 radical (unpaired) electrons. The average molecular weight is 275 g/mol. The first-order chi connectivity index (χ1) is 9.69. The number of rotatable bonds is 6. The maximum atomic E-state index is 11.9. The molecule has 1 aliphatic rings. The van der Waals surface area contributed by atoms with Gasteiger partial charge in [-0.3, -0.25) is 4.79 Å². The Kier molecular flexibility index (Phi) is 5.41. The van der Waals surface area contributed by atoms with Crippen molar-refractivity contribution in [2.45, 2.75) is 45.1 Å². The summed E-state index contributed by atoms with van der Waals surface area (Å²) in [6.07, 6.45) is 4.80. The predicted octanol–water partition coefficient (Wildman–Crippen LogP) is 2.74. The predicted molar refractivity (Wildman–Crippen MR) is 84.0 cm³/mol. The van der Waals surface area contributed by atoms with Crippen molar-refractivity contribution in [2.75, 3.05) is 23.3 Å². The molecule has 1 unspecified atom stereocenters. The fourth-order valence-electron chi connectivity index (χ4n) is 2.68. The highest BCUT2D eigenvalue weighted by atomic mass is 16.1. The zero-order chi connectivity index (χ0) is 14.4. The molecule has 1 aromatic carbocycles. The number of nitrogens with two attached hydrogens (primary N) is 1. The number of anilines is 2. The van der Waals surface area contributed by atoms with Gasteiger partial charge in [0.05, 0.1) is 0 Å². The van der Waals surface area contributed by atoms with E-state index in [0.29, 0.717) is 6.42 Å². The highest BCUT2D eigenvalue weighted by Gasteiger charge is 2.13. The Morgan fingerprint density at radius 1 is 1.40 bits per heavy atom. The van der Waals surface area contributed by atoms with Crippen LogP contribution in [0.5, 0.6) is 0 Å². The molecule has 4 nitrogen and oxygen atoms in total. The molecule has 1 amide bonds. The maximum Gasteiger partial charge on any atom is 0.225 e. The molecule has 3 N–H and O–H groups in total. The van der Waals surface area contributed by atoms with Crippen molar-refractivity contribution in [1.29, 1.82) is 0 Å². The molecule has 0 spiro atoms. The number of carbonyl (C=O) groups is 1. The number of hydrogen-bond donors (Lipinski definition) is 2. The summed E-state index contributed by atoms with van der Waals surface area (Å²) in [7, 11) is 0. The van der Waals surface area contributed by atoms with Gasteiger partial charge in [0, 0.05) is 36.9 Å². The highest BCUT2D eigenvalue weighted by Crippen LogP contribution is 2.23. The van der Waals surface area contributed by atoms with Crippen molar-refractivity contribution >= 4 is 17.3 Å². The van der Waals surface area contributed by atoms with E-state index in [2.05, 4.69) is 29.3 Å². The summed E-state index contributed by atoms with van der Waals surface area (Å²) in [6, 6.07) is 8.04. The first kappa shape index (κ1) is 14.9. The number of hydrogen-bond acceptors (Lipinski definition) is 3. The largest absolute Gasteiger partial charge is 0.371 e. The van der Waals surface area contributed by atoms with Crippen molar-refractivity contribution in [1.82, 2.24) is 0 Å². The monoisotopic (exact) mass is 275 g/mol. The Balaban J connectivity index is 1.92. The molecule has 1 saturated heterocycles. The number of carbonyl (C=O) groups excluding carboxylic acids is 1. The van der Waals surface area contributed by atoms with Gasteiger partial charge in [0.2, 0.25) is 5.91 Å². The molecule has 0 bridgehead atoms. The van der Waals surface area contributed by atoms with Crippen LogP contribution in [-0.4, -0.2) is 25.0 Å². The molecule has 1 atom stereocenters. The van der Waals surface area contributed by atoms with E-state index in [-0.39, 0.29) is 11.9 Å². The van der Waals surface area contributed by atoms with Gasteiger partial charge in [-0.15, -0.1) is 0 Å². The lowest BCUT2D eigenvalue weighted by atomic mass is 10.1. The van der Waals surface area contributed by atoms with Gasteiger partial charge < -0.3 is 16.0 Å². The highest BCUT2D eigenvalue weighted by molar-refractivity contribution is 5.91. The number of amides is 1. The molecule has 1 heterocycles. The smallest absolute Gasteiger partial charge is 0.225 e. The summed E-state index contributed by atoms with van der Waals surface area (Å²) < 4.78 is 0. The van der Waals surface area contributed by atoms with Gasteiger partial charge >= 0.3 is 0 Å². The van der Waals surface area contributed by atoms with Crippen LogP contribution in [0.15, 0.2) is 24.3 Å². The summed E-state index contributed by atoms with van der Waals surface area (Å²) in [4.78, 5) is 14.3. The minimum Gasteiger partial charge on any atom is -0.371 e.